The van der Waals surface area contributed by atoms with Gasteiger partial charge in [-0.05, 0) is 31.5 Å². The van der Waals surface area contributed by atoms with Gasteiger partial charge in [0.1, 0.15) is 0 Å². The topological polar surface area (TPSA) is 93.2 Å². The third-order valence-electron chi connectivity index (χ3n) is 3.81. The molecule has 2 aromatic heterocycles. The zero-order valence-electron chi connectivity index (χ0n) is 15.7. The van der Waals surface area contributed by atoms with Gasteiger partial charge in [0.25, 0.3) is 0 Å². The van der Waals surface area contributed by atoms with Crippen LogP contribution in [0.25, 0.3) is 10.6 Å². The molecule has 0 aliphatic rings. The minimum Gasteiger partial charge on any atom is -0.461 e. The fraction of sp³-hybridized carbons (Fsp3) is 0.263. The Balaban J connectivity index is 1.68. The summed E-state index contributed by atoms with van der Waals surface area (Å²) in [5, 5.41) is 8.54. The first kappa shape index (κ1) is 20.0. The zero-order chi connectivity index (χ0) is 20.1. The second kappa shape index (κ2) is 8.94. The molecule has 1 aromatic carbocycles. The number of aryl methyl sites for hydroxylation is 1. The Hall–Kier alpha value is -2.78. The summed E-state index contributed by atoms with van der Waals surface area (Å²) in [6.45, 7) is 3.88. The van der Waals surface area contributed by atoms with E-state index in [1.54, 1.807) is 6.92 Å². The summed E-state index contributed by atoms with van der Waals surface area (Å²) in [4.78, 5) is 33.7. The van der Waals surface area contributed by atoms with Crippen molar-refractivity contribution in [2.75, 3.05) is 24.3 Å². The Labute approximate surface area is 170 Å². The van der Waals surface area contributed by atoms with Crippen LogP contribution in [0.3, 0.4) is 0 Å². The number of ether oxygens (including phenoxy) is 1. The summed E-state index contributed by atoms with van der Waals surface area (Å²) >= 11 is 2.57. The van der Waals surface area contributed by atoms with Crippen LogP contribution in [0.1, 0.15) is 28.0 Å². The van der Waals surface area contributed by atoms with Crippen LogP contribution in [-0.4, -0.2) is 35.5 Å². The predicted octanol–water partition coefficient (Wildman–Crippen LogP) is 3.97. The van der Waals surface area contributed by atoms with E-state index >= 15 is 0 Å². The van der Waals surface area contributed by atoms with Crippen molar-refractivity contribution in [2.24, 2.45) is 0 Å². The van der Waals surface area contributed by atoms with Crippen LogP contribution < -0.4 is 10.6 Å². The SMILES string of the molecule is CCOC(=O)c1nc(C)c(-c2csc(NC(=O)Cc3cccc(NC)c3)n2)s1. The van der Waals surface area contributed by atoms with E-state index in [4.69, 9.17) is 4.74 Å². The third-order valence-corrected chi connectivity index (χ3v) is 5.73. The fourth-order valence-corrected chi connectivity index (χ4v) is 4.25. The van der Waals surface area contributed by atoms with Crippen LogP contribution in [0.5, 0.6) is 0 Å². The van der Waals surface area contributed by atoms with Gasteiger partial charge in [-0.1, -0.05) is 12.1 Å². The van der Waals surface area contributed by atoms with E-state index in [2.05, 4.69) is 20.6 Å². The van der Waals surface area contributed by atoms with Crippen LogP contribution in [-0.2, 0) is 16.0 Å². The quantitative estimate of drug-likeness (QED) is 0.566. The number of rotatable bonds is 7. The maximum Gasteiger partial charge on any atom is 0.367 e. The molecule has 146 valence electrons. The number of hydrogen-bond acceptors (Lipinski definition) is 8. The van der Waals surface area contributed by atoms with E-state index < -0.39 is 5.97 Å². The van der Waals surface area contributed by atoms with E-state index in [1.165, 1.54) is 22.7 Å². The summed E-state index contributed by atoms with van der Waals surface area (Å²) in [7, 11) is 1.84. The molecule has 9 heteroatoms. The average Bonchev–Trinajstić information content (AvgIpc) is 3.28. The third kappa shape index (κ3) is 4.73. The van der Waals surface area contributed by atoms with Gasteiger partial charge in [-0.2, -0.15) is 0 Å². The maximum absolute atomic E-state index is 12.3. The van der Waals surface area contributed by atoms with Crippen molar-refractivity contribution >= 4 is 45.4 Å². The highest BCUT2D eigenvalue weighted by Crippen LogP contribution is 2.32. The Morgan fingerprint density at radius 2 is 2.07 bits per heavy atom. The standard InChI is InChI=1S/C19H20N4O3S2/c1-4-26-18(25)17-21-11(2)16(28-17)14-10-27-19(22-14)23-15(24)9-12-6-5-7-13(8-12)20-3/h5-8,10,20H,4,9H2,1-3H3,(H,22,23,24). The van der Waals surface area contributed by atoms with Crippen LogP contribution in [0.4, 0.5) is 10.8 Å². The molecule has 0 fully saturated rings. The van der Waals surface area contributed by atoms with Gasteiger partial charge in [0.05, 0.1) is 29.3 Å². The Morgan fingerprint density at radius 3 is 2.82 bits per heavy atom. The molecule has 0 radical (unpaired) electrons. The minimum absolute atomic E-state index is 0.137. The van der Waals surface area contributed by atoms with Gasteiger partial charge in [0.15, 0.2) is 5.13 Å². The first-order chi connectivity index (χ1) is 13.5. The maximum atomic E-state index is 12.3. The van der Waals surface area contributed by atoms with Gasteiger partial charge in [0, 0.05) is 18.1 Å². The number of carbonyl (C=O) groups excluding carboxylic acids is 2. The molecule has 0 unspecified atom stereocenters. The highest BCUT2D eigenvalue weighted by Gasteiger charge is 2.18. The lowest BCUT2D eigenvalue weighted by Gasteiger charge is -2.04. The molecule has 28 heavy (non-hydrogen) atoms. The number of aromatic nitrogens is 2. The van der Waals surface area contributed by atoms with E-state index in [0.29, 0.717) is 28.1 Å². The molecule has 7 nitrogen and oxygen atoms in total. The number of carbonyl (C=O) groups is 2. The molecule has 2 heterocycles. The second-order valence-electron chi connectivity index (χ2n) is 5.87. The number of esters is 1. The van der Waals surface area contributed by atoms with Gasteiger partial charge in [-0.3, -0.25) is 4.79 Å². The predicted molar refractivity (Wildman–Crippen MR) is 112 cm³/mol. The number of nitrogens with zero attached hydrogens (tertiary/aromatic N) is 2. The van der Waals surface area contributed by atoms with Crippen molar-refractivity contribution in [3.63, 3.8) is 0 Å². The molecule has 0 saturated carbocycles. The molecule has 0 spiro atoms. The largest absolute Gasteiger partial charge is 0.461 e. The molecule has 0 atom stereocenters. The number of thiazole rings is 2. The van der Waals surface area contributed by atoms with Crippen LogP contribution in [0.15, 0.2) is 29.6 Å². The molecule has 0 aliphatic heterocycles. The normalized spacial score (nSPS) is 10.5. The lowest BCUT2D eigenvalue weighted by atomic mass is 10.1. The molecule has 0 bridgehead atoms. The Kier molecular flexibility index (Phi) is 6.37. The first-order valence-electron chi connectivity index (χ1n) is 8.67. The minimum atomic E-state index is -0.436. The summed E-state index contributed by atoms with van der Waals surface area (Å²) in [6.07, 6.45) is 0.261. The number of nitrogens with one attached hydrogen (secondary N) is 2. The molecule has 2 N–H and O–H groups in total. The highest BCUT2D eigenvalue weighted by atomic mass is 32.1. The molecule has 0 aliphatic carbocycles. The molecule has 0 saturated heterocycles. The van der Waals surface area contributed by atoms with Crippen molar-refractivity contribution in [1.82, 2.24) is 9.97 Å². The Bertz CT molecular complexity index is 997. The van der Waals surface area contributed by atoms with Gasteiger partial charge >= 0.3 is 5.97 Å². The molecular formula is C19H20N4O3S2. The second-order valence-corrected chi connectivity index (χ2v) is 7.72. The van der Waals surface area contributed by atoms with Crippen LogP contribution in [0.2, 0.25) is 0 Å². The van der Waals surface area contributed by atoms with Gasteiger partial charge < -0.3 is 15.4 Å². The van der Waals surface area contributed by atoms with Gasteiger partial charge in [-0.15, -0.1) is 22.7 Å². The van der Waals surface area contributed by atoms with Crippen molar-refractivity contribution in [3.05, 3.63) is 45.9 Å². The number of amides is 1. The first-order valence-corrected chi connectivity index (χ1v) is 10.4. The molecule has 1 amide bonds. The van der Waals surface area contributed by atoms with E-state index in [1.807, 2.05) is 43.6 Å². The highest BCUT2D eigenvalue weighted by molar-refractivity contribution is 7.18. The lowest BCUT2D eigenvalue weighted by molar-refractivity contribution is -0.115. The fourth-order valence-electron chi connectivity index (χ4n) is 2.54. The van der Waals surface area contributed by atoms with Gasteiger partial charge in [-0.25, -0.2) is 14.8 Å². The summed E-state index contributed by atoms with van der Waals surface area (Å²) in [5.74, 6) is -0.572. The number of anilines is 2. The monoisotopic (exact) mass is 416 g/mol. The number of benzene rings is 1. The molecular weight excluding hydrogens is 396 g/mol. The van der Waals surface area contributed by atoms with E-state index in [9.17, 15) is 9.59 Å². The van der Waals surface area contributed by atoms with Crippen molar-refractivity contribution in [1.29, 1.82) is 0 Å². The summed E-state index contributed by atoms with van der Waals surface area (Å²) in [6, 6.07) is 7.69. The zero-order valence-corrected chi connectivity index (χ0v) is 17.4. The van der Waals surface area contributed by atoms with Crippen LogP contribution >= 0.6 is 22.7 Å². The summed E-state index contributed by atoms with van der Waals surface area (Å²) < 4.78 is 4.99. The summed E-state index contributed by atoms with van der Waals surface area (Å²) in [5.41, 5.74) is 3.27. The van der Waals surface area contributed by atoms with Crippen molar-refractivity contribution in [3.8, 4) is 10.6 Å². The molecule has 3 aromatic rings. The lowest BCUT2D eigenvalue weighted by Crippen LogP contribution is -2.14. The van der Waals surface area contributed by atoms with Gasteiger partial charge in [0.2, 0.25) is 10.9 Å². The van der Waals surface area contributed by atoms with Crippen molar-refractivity contribution < 1.29 is 14.3 Å². The molecule has 3 rings (SSSR count). The van der Waals surface area contributed by atoms with Crippen molar-refractivity contribution in [2.45, 2.75) is 20.3 Å². The smallest absolute Gasteiger partial charge is 0.367 e. The van der Waals surface area contributed by atoms with E-state index in [0.717, 1.165) is 16.1 Å². The number of hydrogen-bond donors (Lipinski definition) is 2. The van der Waals surface area contributed by atoms with Crippen LogP contribution in [0, 0.1) is 6.92 Å². The Morgan fingerprint density at radius 1 is 1.25 bits per heavy atom. The average molecular weight is 417 g/mol. The van der Waals surface area contributed by atoms with E-state index in [-0.39, 0.29) is 12.3 Å².